The molecule has 30 heavy (non-hydrogen) atoms. The molecule has 4 fully saturated rings. The monoisotopic (exact) mass is 410 g/mol. The van der Waals surface area contributed by atoms with Gasteiger partial charge in [-0.2, -0.15) is 0 Å². The molecule has 9 atom stereocenters. The van der Waals surface area contributed by atoms with Gasteiger partial charge in [-0.25, -0.2) is 0 Å². The van der Waals surface area contributed by atoms with Crippen LogP contribution in [0.25, 0.3) is 0 Å². The number of nitrogens with zero attached hydrogens (tertiary/aromatic N) is 1. The minimum Gasteiger partial charge on any atom is -0.349 e. The van der Waals surface area contributed by atoms with Crippen LogP contribution in [-0.4, -0.2) is 24.7 Å². The number of carbonyl (C=O) groups is 1. The van der Waals surface area contributed by atoms with Crippen molar-refractivity contribution in [3.8, 4) is 0 Å². The van der Waals surface area contributed by atoms with Gasteiger partial charge in [-0.05, 0) is 112 Å². The highest BCUT2D eigenvalue weighted by atomic mass is 16.1. The summed E-state index contributed by atoms with van der Waals surface area (Å²) in [5.74, 6) is 6.57. The van der Waals surface area contributed by atoms with Gasteiger partial charge in [0, 0.05) is 18.8 Å². The Morgan fingerprint density at radius 1 is 1.10 bits per heavy atom. The Labute approximate surface area is 183 Å². The predicted octanol–water partition coefficient (Wildman–Crippen LogP) is 5.80. The molecule has 1 heterocycles. The summed E-state index contributed by atoms with van der Waals surface area (Å²) in [4.78, 5) is 17.1. The fourth-order valence-corrected chi connectivity index (χ4v) is 9.00. The zero-order valence-corrected chi connectivity index (χ0v) is 19.4. The van der Waals surface area contributed by atoms with Gasteiger partial charge in [0.15, 0.2) is 0 Å². The first-order valence-electron chi connectivity index (χ1n) is 13.0. The standard InChI is InChI=1S/C27H42N2O/c1-17-6-8-21-19(15-17)7-9-23-22(21)12-13-27(3)24(10-11-25(23)27)18(2)29-26(30)20-5-4-14-28-16-20/h5,16-19,21-25H,4,6-15H2,1-3H3,(H,29,30)/t17-,18-,19?,21?,22?,23?,24?,25-,27?/m0/s1. The van der Waals surface area contributed by atoms with Gasteiger partial charge in [0.25, 0.3) is 5.91 Å². The van der Waals surface area contributed by atoms with Crippen LogP contribution in [-0.2, 0) is 4.79 Å². The highest BCUT2D eigenvalue weighted by Crippen LogP contribution is 2.64. The number of fused-ring (bicyclic) bond motifs is 5. The van der Waals surface area contributed by atoms with E-state index in [0.29, 0.717) is 11.3 Å². The topological polar surface area (TPSA) is 41.5 Å². The zero-order chi connectivity index (χ0) is 20.9. The molecule has 0 bridgehead atoms. The van der Waals surface area contributed by atoms with Gasteiger partial charge in [0.05, 0.1) is 5.57 Å². The van der Waals surface area contributed by atoms with Crippen molar-refractivity contribution in [2.45, 2.75) is 91.0 Å². The first-order chi connectivity index (χ1) is 14.5. The van der Waals surface area contributed by atoms with E-state index < -0.39 is 0 Å². The summed E-state index contributed by atoms with van der Waals surface area (Å²) in [6, 6.07) is 0.257. The van der Waals surface area contributed by atoms with E-state index in [-0.39, 0.29) is 11.9 Å². The van der Waals surface area contributed by atoms with E-state index in [1.807, 2.05) is 6.08 Å². The number of nitrogens with one attached hydrogen (secondary N) is 1. The van der Waals surface area contributed by atoms with Crippen LogP contribution in [0, 0.1) is 46.8 Å². The summed E-state index contributed by atoms with van der Waals surface area (Å²) in [7, 11) is 0. The molecule has 166 valence electrons. The number of amides is 1. The van der Waals surface area contributed by atoms with Crippen molar-refractivity contribution in [3.05, 3.63) is 11.6 Å². The second kappa shape index (κ2) is 8.10. The van der Waals surface area contributed by atoms with Gasteiger partial charge >= 0.3 is 0 Å². The number of aliphatic imine (C=N–C) groups is 1. The largest absolute Gasteiger partial charge is 0.349 e. The normalized spacial score (nSPS) is 46.2. The van der Waals surface area contributed by atoms with Gasteiger partial charge in [0.1, 0.15) is 0 Å². The number of hydrogen-bond donors (Lipinski definition) is 1. The Bertz CT molecular complexity index is 726. The summed E-state index contributed by atoms with van der Waals surface area (Å²) in [6.07, 6.45) is 17.7. The van der Waals surface area contributed by atoms with Gasteiger partial charge in [0.2, 0.25) is 0 Å². The molecule has 3 nitrogen and oxygen atoms in total. The number of dihydropyridines is 1. The lowest BCUT2D eigenvalue weighted by Crippen LogP contribution is -2.51. The van der Waals surface area contributed by atoms with Gasteiger partial charge in [-0.15, -0.1) is 0 Å². The van der Waals surface area contributed by atoms with E-state index in [4.69, 9.17) is 0 Å². The maximum atomic E-state index is 12.8. The lowest BCUT2D eigenvalue weighted by molar-refractivity contribution is -0.118. The third-order valence-corrected chi connectivity index (χ3v) is 10.4. The van der Waals surface area contributed by atoms with Crippen molar-refractivity contribution in [1.29, 1.82) is 0 Å². The lowest BCUT2D eigenvalue weighted by atomic mass is 9.49. The third-order valence-electron chi connectivity index (χ3n) is 10.4. The van der Waals surface area contributed by atoms with Crippen LogP contribution < -0.4 is 5.32 Å². The van der Waals surface area contributed by atoms with Crippen LogP contribution in [0.15, 0.2) is 16.6 Å². The lowest BCUT2D eigenvalue weighted by Gasteiger charge is -2.56. The maximum Gasteiger partial charge on any atom is 0.252 e. The molecule has 4 saturated carbocycles. The predicted molar refractivity (Wildman–Crippen MR) is 123 cm³/mol. The summed E-state index contributed by atoms with van der Waals surface area (Å²) in [6.45, 7) is 8.15. The van der Waals surface area contributed by atoms with Crippen LogP contribution in [0.2, 0.25) is 0 Å². The molecule has 0 radical (unpaired) electrons. The van der Waals surface area contributed by atoms with Gasteiger partial charge < -0.3 is 5.32 Å². The quantitative estimate of drug-likeness (QED) is 0.628. The van der Waals surface area contributed by atoms with E-state index in [0.717, 1.165) is 54.0 Å². The van der Waals surface area contributed by atoms with Crippen LogP contribution >= 0.6 is 0 Å². The average Bonchev–Trinajstić information content (AvgIpc) is 3.11. The first-order valence-corrected chi connectivity index (χ1v) is 13.0. The van der Waals surface area contributed by atoms with Crippen molar-refractivity contribution < 1.29 is 4.79 Å². The molecule has 5 rings (SSSR count). The van der Waals surface area contributed by atoms with Crippen LogP contribution in [0.1, 0.15) is 85.0 Å². The molecule has 3 heteroatoms. The van der Waals surface area contributed by atoms with E-state index in [2.05, 4.69) is 31.1 Å². The smallest absolute Gasteiger partial charge is 0.252 e. The van der Waals surface area contributed by atoms with E-state index in [1.165, 1.54) is 57.8 Å². The molecular weight excluding hydrogens is 368 g/mol. The van der Waals surface area contributed by atoms with E-state index in [9.17, 15) is 4.79 Å². The molecule has 1 aliphatic heterocycles. The minimum absolute atomic E-state index is 0.0866. The molecule has 1 N–H and O–H groups in total. The Balaban J connectivity index is 1.27. The van der Waals surface area contributed by atoms with E-state index >= 15 is 0 Å². The van der Waals surface area contributed by atoms with Crippen LogP contribution in [0.3, 0.4) is 0 Å². The molecule has 0 aromatic rings. The van der Waals surface area contributed by atoms with Crippen molar-refractivity contribution in [1.82, 2.24) is 5.32 Å². The van der Waals surface area contributed by atoms with Crippen LogP contribution in [0.5, 0.6) is 0 Å². The fraction of sp³-hybridized carbons (Fsp3) is 0.852. The fourth-order valence-electron chi connectivity index (χ4n) is 9.00. The van der Waals surface area contributed by atoms with Crippen molar-refractivity contribution in [2.24, 2.45) is 51.8 Å². The second-order valence-corrected chi connectivity index (χ2v) is 11.8. The Morgan fingerprint density at radius 3 is 2.73 bits per heavy atom. The Hall–Kier alpha value is -1.12. The summed E-state index contributed by atoms with van der Waals surface area (Å²) >= 11 is 0. The molecule has 0 spiro atoms. The van der Waals surface area contributed by atoms with Crippen molar-refractivity contribution in [2.75, 3.05) is 6.54 Å². The highest BCUT2D eigenvalue weighted by Gasteiger charge is 2.57. The van der Waals surface area contributed by atoms with Crippen molar-refractivity contribution in [3.63, 3.8) is 0 Å². The number of carbonyl (C=O) groups excluding carboxylic acids is 1. The molecule has 0 aromatic carbocycles. The summed E-state index contributed by atoms with van der Waals surface area (Å²) in [5.41, 5.74) is 1.18. The minimum atomic E-state index is 0.0866. The Kier molecular flexibility index (Phi) is 5.60. The second-order valence-electron chi connectivity index (χ2n) is 11.8. The van der Waals surface area contributed by atoms with E-state index in [1.54, 1.807) is 6.21 Å². The highest BCUT2D eigenvalue weighted by molar-refractivity contribution is 6.12. The molecule has 1 amide bonds. The maximum absolute atomic E-state index is 12.8. The molecular formula is C27H42N2O. The van der Waals surface area contributed by atoms with Crippen molar-refractivity contribution >= 4 is 12.1 Å². The molecule has 0 saturated heterocycles. The summed E-state index contributed by atoms with van der Waals surface area (Å²) < 4.78 is 0. The molecule has 0 aromatic heterocycles. The molecule has 5 aliphatic rings. The van der Waals surface area contributed by atoms with Gasteiger partial charge in [-0.1, -0.05) is 26.3 Å². The molecule has 6 unspecified atom stereocenters. The Morgan fingerprint density at radius 2 is 1.93 bits per heavy atom. The van der Waals surface area contributed by atoms with Crippen LogP contribution in [0.4, 0.5) is 0 Å². The first kappa shape index (κ1) is 20.8. The van der Waals surface area contributed by atoms with Gasteiger partial charge in [-0.3, -0.25) is 9.79 Å². The zero-order valence-electron chi connectivity index (χ0n) is 19.4. The number of hydrogen-bond acceptors (Lipinski definition) is 2. The third kappa shape index (κ3) is 3.48. The summed E-state index contributed by atoms with van der Waals surface area (Å²) in [5, 5.41) is 3.37. The SMILES string of the molecule is C[C@H]1CCC2C(CCC3C2CCC2(C)C([C@H](C)NC(=O)C4=CCCN=C4)CC[C@@H]32)C1. The average molecular weight is 411 g/mol. The molecule has 4 aliphatic carbocycles. The number of rotatable bonds is 3.